The van der Waals surface area contributed by atoms with Gasteiger partial charge in [-0.15, -0.1) is 5.10 Å². The summed E-state index contributed by atoms with van der Waals surface area (Å²) in [5.41, 5.74) is -0.766. The van der Waals surface area contributed by atoms with Crippen molar-refractivity contribution in [1.82, 2.24) is 19.6 Å². The molecule has 0 bridgehead atoms. The lowest BCUT2D eigenvalue weighted by Crippen LogP contribution is -2.20. The minimum absolute atomic E-state index is 0.240. The van der Waals surface area contributed by atoms with Gasteiger partial charge in [-0.2, -0.15) is 0 Å². The first-order valence-electron chi connectivity index (χ1n) is 2.72. The standard InChI is InChI=1S/C4H2N4O2S/c9-3-1-2(7-8-11-1)5-4(10)6-3/h(H2,5,6,9,10). The largest absolute Gasteiger partial charge is 0.327 e. The van der Waals surface area contributed by atoms with E-state index in [9.17, 15) is 9.59 Å². The van der Waals surface area contributed by atoms with Crippen molar-refractivity contribution in [2.45, 2.75) is 0 Å². The molecule has 0 saturated carbocycles. The Morgan fingerprint density at radius 1 is 1.27 bits per heavy atom. The molecule has 11 heavy (non-hydrogen) atoms. The molecule has 0 radical (unpaired) electrons. The van der Waals surface area contributed by atoms with E-state index in [1.54, 1.807) is 0 Å². The molecule has 0 aliphatic rings. The first-order valence-corrected chi connectivity index (χ1v) is 3.49. The summed E-state index contributed by atoms with van der Waals surface area (Å²) in [5.74, 6) is 0. The zero-order chi connectivity index (χ0) is 7.84. The van der Waals surface area contributed by atoms with Crippen LogP contribution in [0.4, 0.5) is 0 Å². The predicted octanol–water partition coefficient (Wildman–Crippen LogP) is -0.932. The van der Waals surface area contributed by atoms with Crippen LogP contribution in [0, 0.1) is 0 Å². The van der Waals surface area contributed by atoms with Gasteiger partial charge in [0.05, 0.1) is 0 Å². The van der Waals surface area contributed by atoms with Gasteiger partial charge in [-0.25, -0.2) is 4.79 Å². The summed E-state index contributed by atoms with van der Waals surface area (Å²) in [6, 6.07) is 0. The van der Waals surface area contributed by atoms with Crippen molar-refractivity contribution in [2.75, 3.05) is 0 Å². The van der Waals surface area contributed by atoms with E-state index in [0.29, 0.717) is 4.70 Å². The summed E-state index contributed by atoms with van der Waals surface area (Å²) in [7, 11) is 0. The molecule has 7 heteroatoms. The van der Waals surface area contributed by atoms with Gasteiger partial charge in [0.25, 0.3) is 5.56 Å². The zero-order valence-electron chi connectivity index (χ0n) is 5.12. The van der Waals surface area contributed by atoms with Crippen molar-refractivity contribution < 1.29 is 0 Å². The smallest absolute Gasteiger partial charge is 0.289 e. The second kappa shape index (κ2) is 1.99. The molecule has 6 nitrogen and oxygen atoms in total. The fourth-order valence-corrected chi connectivity index (χ4v) is 1.24. The molecule has 2 rings (SSSR count). The van der Waals surface area contributed by atoms with Gasteiger partial charge < -0.3 is 0 Å². The average Bonchev–Trinajstić information content (AvgIpc) is 2.34. The van der Waals surface area contributed by atoms with E-state index in [0.717, 1.165) is 11.5 Å². The highest BCUT2D eigenvalue weighted by atomic mass is 32.1. The number of aromatic nitrogens is 4. The molecule has 0 amide bonds. The summed E-state index contributed by atoms with van der Waals surface area (Å²) in [5, 5.41) is 3.53. The molecular formula is C4H2N4O2S. The number of hydrogen-bond acceptors (Lipinski definition) is 5. The van der Waals surface area contributed by atoms with Crippen LogP contribution in [-0.2, 0) is 0 Å². The molecule has 2 aromatic rings. The molecule has 2 aromatic heterocycles. The third kappa shape index (κ3) is 0.855. The van der Waals surface area contributed by atoms with Crippen LogP contribution < -0.4 is 11.2 Å². The number of rotatable bonds is 0. The summed E-state index contributed by atoms with van der Waals surface area (Å²) in [6.45, 7) is 0. The maximum absolute atomic E-state index is 10.9. The fourth-order valence-electron chi connectivity index (χ4n) is 0.720. The fraction of sp³-hybridized carbons (Fsp3) is 0. The highest BCUT2D eigenvalue weighted by Crippen LogP contribution is 2.02. The normalized spacial score (nSPS) is 10.5. The van der Waals surface area contributed by atoms with E-state index in [4.69, 9.17) is 0 Å². The maximum Gasteiger partial charge on any atom is 0.327 e. The Kier molecular flexibility index (Phi) is 1.13. The van der Waals surface area contributed by atoms with Crippen molar-refractivity contribution in [3.63, 3.8) is 0 Å². The molecule has 0 fully saturated rings. The zero-order valence-corrected chi connectivity index (χ0v) is 5.94. The van der Waals surface area contributed by atoms with Gasteiger partial charge in [0.1, 0.15) is 0 Å². The lowest BCUT2D eigenvalue weighted by atomic mass is 10.6. The lowest BCUT2D eigenvalue weighted by Gasteiger charge is -1.81. The molecule has 56 valence electrons. The van der Waals surface area contributed by atoms with Crippen molar-refractivity contribution in [3.05, 3.63) is 20.8 Å². The number of hydrogen-bond donors (Lipinski definition) is 2. The van der Waals surface area contributed by atoms with Gasteiger partial charge in [0.2, 0.25) is 0 Å². The Balaban J connectivity index is 3.15. The van der Waals surface area contributed by atoms with Gasteiger partial charge in [0, 0.05) is 0 Å². The first kappa shape index (κ1) is 6.23. The molecule has 0 unspecified atom stereocenters. The number of aromatic amines is 2. The number of nitrogens with one attached hydrogen (secondary N) is 2. The monoisotopic (exact) mass is 170 g/mol. The van der Waals surface area contributed by atoms with Crippen molar-refractivity contribution in [2.24, 2.45) is 0 Å². The van der Waals surface area contributed by atoms with Crippen LogP contribution in [0.15, 0.2) is 9.59 Å². The first-order chi connectivity index (χ1) is 5.27. The van der Waals surface area contributed by atoms with Gasteiger partial charge >= 0.3 is 5.69 Å². The summed E-state index contributed by atoms with van der Waals surface area (Å²) in [4.78, 5) is 25.9. The van der Waals surface area contributed by atoms with E-state index in [1.165, 1.54) is 0 Å². The van der Waals surface area contributed by atoms with Gasteiger partial charge in [-0.3, -0.25) is 14.8 Å². The third-order valence-electron chi connectivity index (χ3n) is 1.15. The quantitative estimate of drug-likeness (QED) is 0.534. The molecule has 0 atom stereocenters. The number of fused-ring (bicyclic) bond motifs is 1. The molecule has 0 spiro atoms. The van der Waals surface area contributed by atoms with Crippen LogP contribution in [0.1, 0.15) is 0 Å². The number of H-pyrrole nitrogens is 2. The Morgan fingerprint density at radius 3 is 2.91 bits per heavy atom. The molecule has 2 heterocycles. The summed E-state index contributed by atoms with van der Waals surface area (Å²) >= 11 is 0.948. The average molecular weight is 170 g/mol. The van der Waals surface area contributed by atoms with Gasteiger partial charge in [-0.05, 0) is 11.5 Å². The highest BCUT2D eigenvalue weighted by Gasteiger charge is 2.02. The van der Waals surface area contributed by atoms with Crippen molar-refractivity contribution in [3.8, 4) is 0 Å². The second-order valence-corrected chi connectivity index (χ2v) is 2.61. The molecule has 0 aliphatic heterocycles. The van der Waals surface area contributed by atoms with E-state index >= 15 is 0 Å². The Morgan fingerprint density at radius 2 is 2.09 bits per heavy atom. The Hall–Kier alpha value is -1.50. The number of nitrogens with zero attached hydrogens (tertiary/aromatic N) is 2. The van der Waals surface area contributed by atoms with Crippen LogP contribution >= 0.6 is 11.5 Å². The molecule has 2 N–H and O–H groups in total. The van der Waals surface area contributed by atoms with E-state index in [2.05, 4.69) is 19.6 Å². The Bertz CT molecular complexity index is 494. The Labute approximate surface area is 63.1 Å². The lowest BCUT2D eigenvalue weighted by molar-refractivity contribution is 1.05. The van der Waals surface area contributed by atoms with Crippen LogP contribution in [0.5, 0.6) is 0 Å². The van der Waals surface area contributed by atoms with Gasteiger partial charge in [-0.1, -0.05) is 4.49 Å². The topological polar surface area (TPSA) is 91.5 Å². The van der Waals surface area contributed by atoms with Crippen molar-refractivity contribution >= 4 is 21.9 Å². The molecule has 0 saturated heterocycles. The predicted molar refractivity (Wildman–Crippen MR) is 38.7 cm³/mol. The van der Waals surface area contributed by atoms with E-state index < -0.39 is 11.2 Å². The van der Waals surface area contributed by atoms with Gasteiger partial charge in [0.15, 0.2) is 10.3 Å². The van der Waals surface area contributed by atoms with Crippen LogP contribution in [0.2, 0.25) is 0 Å². The minimum Gasteiger partial charge on any atom is -0.289 e. The van der Waals surface area contributed by atoms with E-state index in [1.807, 2.05) is 0 Å². The minimum atomic E-state index is -0.560. The second-order valence-electron chi connectivity index (χ2n) is 1.86. The van der Waals surface area contributed by atoms with Crippen LogP contribution in [0.25, 0.3) is 10.3 Å². The molecule has 0 aromatic carbocycles. The highest BCUT2D eigenvalue weighted by molar-refractivity contribution is 7.12. The summed E-state index contributed by atoms with van der Waals surface area (Å²) < 4.78 is 3.84. The SMILES string of the molecule is O=c1[nH]c(=O)c2snnc2[nH]1. The maximum atomic E-state index is 10.9. The van der Waals surface area contributed by atoms with E-state index in [-0.39, 0.29) is 5.65 Å². The third-order valence-corrected chi connectivity index (χ3v) is 1.88. The molecule has 0 aliphatic carbocycles. The van der Waals surface area contributed by atoms with Crippen molar-refractivity contribution in [1.29, 1.82) is 0 Å². The summed E-state index contributed by atoms with van der Waals surface area (Å²) in [6.07, 6.45) is 0. The van der Waals surface area contributed by atoms with Crippen LogP contribution in [0.3, 0.4) is 0 Å². The molecular weight excluding hydrogens is 168 g/mol. The van der Waals surface area contributed by atoms with Crippen LogP contribution in [-0.4, -0.2) is 19.6 Å².